The molecule has 0 saturated carbocycles. The average Bonchev–Trinajstić information content (AvgIpc) is 3.52. The Kier molecular flexibility index (Phi) is 5.83. The molecule has 0 spiro atoms. The number of amides is 1. The number of pyridine rings is 2. The molecular weight excluding hydrogens is 489 g/mol. The summed E-state index contributed by atoms with van der Waals surface area (Å²) in [6.07, 6.45) is 5.61. The summed E-state index contributed by atoms with van der Waals surface area (Å²) in [6, 6.07) is 14.6. The predicted molar refractivity (Wildman–Crippen MR) is 139 cm³/mol. The van der Waals surface area contributed by atoms with Gasteiger partial charge in [0.25, 0.3) is 11.5 Å². The number of carbonyl (C=O) groups is 1. The van der Waals surface area contributed by atoms with Crippen molar-refractivity contribution in [3.63, 3.8) is 0 Å². The second-order valence-corrected chi connectivity index (χ2v) is 8.76. The van der Waals surface area contributed by atoms with Crippen molar-refractivity contribution < 1.29 is 18.7 Å². The van der Waals surface area contributed by atoms with Crippen LogP contribution in [0.1, 0.15) is 16.8 Å². The smallest absolute Gasteiger partial charge is 0.280 e. The van der Waals surface area contributed by atoms with Crippen LogP contribution in [0.4, 0.5) is 10.1 Å². The molecule has 0 radical (unpaired) electrons. The van der Waals surface area contributed by atoms with Crippen LogP contribution in [0.25, 0.3) is 22.2 Å². The Labute approximate surface area is 216 Å². The maximum atomic E-state index is 15.1. The number of ether oxygens (including phenoxy) is 2. The van der Waals surface area contributed by atoms with E-state index in [1.165, 1.54) is 12.1 Å². The molecule has 10 heteroatoms. The zero-order chi connectivity index (χ0) is 26.2. The van der Waals surface area contributed by atoms with Gasteiger partial charge in [-0.15, -0.1) is 0 Å². The summed E-state index contributed by atoms with van der Waals surface area (Å²) < 4.78 is 29.5. The van der Waals surface area contributed by atoms with Crippen LogP contribution in [-0.4, -0.2) is 32.3 Å². The van der Waals surface area contributed by atoms with Crippen molar-refractivity contribution in [2.24, 2.45) is 0 Å². The van der Waals surface area contributed by atoms with Crippen LogP contribution in [0.3, 0.4) is 0 Å². The summed E-state index contributed by atoms with van der Waals surface area (Å²) in [4.78, 5) is 34.8. The first-order chi connectivity index (χ1) is 18.5. The molecule has 1 aliphatic heterocycles. The topological polar surface area (TPSA) is 100 Å². The molecule has 0 saturated heterocycles. The third-order valence-corrected chi connectivity index (χ3v) is 6.46. The number of hydrogen-bond donors (Lipinski definition) is 1. The van der Waals surface area contributed by atoms with Gasteiger partial charge in [0.05, 0.1) is 18.3 Å². The van der Waals surface area contributed by atoms with E-state index >= 15 is 4.39 Å². The van der Waals surface area contributed by atoms with Gasteiger partial charge in [-0.05, 0) is 48.9 Å². The second-order valence-electron chi connectivity index (χ2n) is 8.76. The quantitative estimate of drug-likeness (QED) is 0.350. The molecule has 6 rings (SSSR count). The van der Waals surface area contributed by atoms with Crippen molar-refractivity contribution in [1.29, 1.82) is 0 Å². The maximum Gasteiger partial charge on any atom is 0.280 e. The van der Waals surface area contributed by atoms with Crippen LogP contribution in [0.15, 0.2) is 78.0 Å². The van der Waals surface area contributed by atoms with Crippen LogP contribution >= 0.6 is 0 Å². The van der Waals surface area contributed by atoms with E-state index in [9.17, 15) is 9.59 Å². The normalized spacial score (nSPS) is 12.4. The van der Waals surface area contributed by atoms with Crippen LogP contribution in [0, 0.1) is 5.82 Å². The summed E-state index contributed by atoms with van der Waals surface area (Å²) in [7, 11) is 1.57. The highest BCUT2D eigenvalue weighted by molar-refractivity contribution is 6.08. The third-order valence-electron chi connectivity index (χ3n) is 6.46. The lowest BCUT2D eigenvalue weighted by Crippen LogP contribution is -2.24. The van der Waals surface area contributed by atoms with Gasteiger partial charge >= 0.3 is 0 Å². The molecule has 38 heavy (non-hydrogen) atoms. The number of aromatic nitrogens is 4. The fraction of sp³-hybridized carbons (Fsp3) is 0.143. The fourth-order valence-electron chi connectivity index (χ4n) is 4.71. The van der Waals surface area contributed by atoms with Crippen molar-refractivity contribution in [2.45, 2.75) is 19.5 Å². The summed E-state index contributed by atoms with van der Waals surface area (Å²) in [6.45, 7) is 1.14. The highest BCUT2D eigenvalue weighted by Gasteiger charge is 2.29. The monoisotopic (exact) mass is 511 g/mol. The van der Waals surface area contributed by atoms with Gasteiger partial charge in [-0.2, -0.15) is 0 Å². The van der Waals surface area contributed by atoms with Gasteiger partial charge in [0.2, 0.25) is 0 Å². The molecule has 2 aromatic carbocycles. The lowest BCUT2D eigenvalue weighted by Gasteiger charge is -2.12. The Morgan fingerprint density at radius 2 is 1.89 bits per heavy atom. The average molecular weight is 512 g/mol. The maximum absolute atomic E-state index is 15.1. The van der Waals surface area contributed by atoms with E-state index in [0.29, 0.717) is 46.7 Å². The molecule has 4 heterocycles. The number of benzene rings is 2. The molecule has 1 aliphatic rings. The van der Waals surface area contributed by atoms with E-state index < -0.39 is 11.7 Å². The number of nitrogens with one attached hydrogen (secondary N) is 1. The molecule has 9 nitrogen and oxygen atoms in total. The van der Waals surface area contributed by atoms with Crippen LogP contribution in [0.2, 0.25) is 0 Å². The van der Waals surface area contributed by atoms with E-state index in [4.69, 9.17) is 9.47 Å². The van der Waals surface area contributed by atoms with E-state index in [0.717, 1.165) is 12.5 Å². The SMILES string of the molecule is COc1ccc2c(Oc3ccc(NC(=O)c4c(-c5cccnc5)n5n(c4=O)CCC5)cc3F)ccnc2c1. The van der Waals surface area contributed by atoms with E-state index in [2.05, 4.69) is 15.3 Å². The molecule has 1 N–H and O–H groups in total. The number of hydrogen-bond acceptors (Lipinski definition) is 6. The van der Waals surface area contributed by atoms with Gasteiger partial charge in [0.1, 0.15) is 17.1 Å². The Hall–Kier alpha value is -4.99. The molecule has 0 fully saturated rings. The second kappa shape index (κ2) is 9.47. The van der Waals surface area contributed by atoms with E-state index in [-0.39, 0.29) is 22.6 Å². The van der Waals surface area contributed by atoms with Crippen molar-refractivity contribution in [3.8, 4) is 28.5 Å². The molecule has 190 valence electrons. The van der Waals surface area contributed by atoms with Gasteiger partial charge < -0.3 is 14.8 Å². The highest BCUT2D eigenvalue weighted by Crippen LogP contribution is 2.33. The first-order valence-corrected chi connectivity index (χ1v) is 12.0. The molecule has 0 atom stereocenters. The molecule has 0 unspecified atom stereocenters. The van der Waals surface area contributed by atoms with Gasteiger partial charge in [-0.3, -0.25) is 24.2 Å². The first kappa shape index (κ1) is 23.4. The first-order valence-electron chi connectivity index (χ1n) is 12.0. The van der Waals surface area contributed by atoms with Gasteiger partial charge in [0, 0.05) is 60.4 Å². The third kappa shape index (κ3) is 4.05. The number of fused-ring (bicyclic) bond motifs is 2. The fourth-order valence-corrected chi connectivity index (χ4v) is 4.71. The summed E-state index contributed by atoms with van der Waals surface area (Å²) in [5.41, 5.74) is 1.60. The van der Waals surface area contributed by atoms with Gasteiger partial charge in [0.15, 0.2) is 11.6 Å². The van der Waals surface area contributed by atoms with E-state index in [1.807, 2.05) is 0 Å². The standard InChI is InChI=1S/C28H22FN5O4/c1-37-19-6-7-20-22(15-19)31-11-9-23(20)38-24-8-5-18(14-21(24)29)32-27(35)25-26(17-4-2-10-30-16-17)33-12-3-13-34(33)28(25)36/h2,4-11,14-16H,3,12-13H2,1H3,(H,32,35). The number of rotatable bonds is 6. The lowest BCUT2D eigenvalue weighted by atomic mass is 10.1. The zero-order valence-electron chi connectivity index (χ0n) is 20.3. The molecule has 0 aliphatic carbocycles. The molecule has 3 aromatic heterocycles. The largest absolute Gasteiger partial charge is 0.497 e. The van der Waals surface area contributed by atoms with Crippen molar-refractivity contribution in [2.75, 3.05) is 12.4 Å². The molecule has 1 amide bonds. The minimum absolute atomic E-state index is 0.00267. The van der Waals surface area contributed by atoms with Crippen LogP contribution in [-0.2, 0) is 13.1 Å². The summed E-state index contributed by atoms with van der Waals surface area (Å²) >= 11 is 0. The highest BCUT2D eigenvalue weighted by atomic mass is 19.1. The molecular formula is C28H22FN5O4. The lowest BCUT2D eigenvalue weighted by molar-refractivity contribution is 0.102. The van der Waals surface area contributed by atoms with Crippen molar-refractivity contribution in [3.05, 3.63) is 94.9 Å². The van der Waals surface area contributed by atoms with Gasteiger partial charge in [-0.25, -0.2) is 9.07 Å². The van der Waals surface area contributed by atoms with E-state index in [1.54, 1.807) is 71.5 Å². The zero-order valence-corrected chi connectivity index (χ0v) is 20.3. The van der Waals surface area contributed by atoms with Crippen molar-refractivity contribution in [1.82, 2.24) is 19.3 Å². The van der Waals surface area contributed by atoms with Crippen LogP contribution in [0.5, 0.6) is 17.2 Å². The number of methoxy groups -OCH3 is 1. The minimum Gasteiger partial charge on any atom is -0.497 e. The molecule has 5 aromatic rings. The number of nitrogens with zero attached hydrogens (tertiary/aromatic N) is 4. The number of anilines is 1. The summed E-state index contributed by atoms with van der Waals surface area (Å²) in [5, 5.41) is 3.36. The Morgan fingerprint density at radius 1 is 1.03 bits per heavy atom. The Balaban J connectivity index is 1.28. The van der Waals surface area contributed by atoms with Crippen molar-refractivity contribution >= 4 is 22.5 Å². The van der Waals surface area contributed by atoms with Gasteiger partial charge in [-0.1, -0.05) is 0 Å². The number of carbonyl (C=O) groups excluding carboxylic acids is 1. The minimum atomic E-state index is -0.676. The van der Waals surface area contributed by atoms with Crippen LogP contribution < -0.4 is 20.3 Å². The molecule has 0 bridgehead atoms. The predicted octanol–water partition coefficient (Wildman–Crippen LogP) is 4.86. The Morgan fingerprint density at radius 3 is 2.68 bits per heavy atom. The number of halogens is 1. The summed E-state index contributed by atoms with van der Waals surface area (Å²) in [5.74, 6) is -0.250. The Bertz CT molecular complexity index is 1750.